The number of carbonyl (C=O) groups is 1. The third kappa shape index (κ3) is 18.7. The number of rotatable bonds is 0. The van der Waals surface area contributed by atoms with Crippen molar-refractivity contribution in [3.63, 3.8) is 0 Å². The molecule has 0 saturated heterocycles. The molecule has 0 amide bonds. The first kappa shape index (κ1) is 23.4. The van der Waals surface area contributed by atoms with Gasteiger partial charge in [-0.05, 0) is 0 Å². The Morgan fingerprint density at radius 1 is 1.25 bits per heavy atom. The van der Waals surface area contributed by atoms with Crippen molar-refractivity contribution in [1.29, 1.82) is 0 Å². The topological polar surface area (TPSA) is 17.1 Å². The third-order valence-corrected chi connectivity index (χ3v) is 0. The van der Waals surface area contributed by atoms with Crippen molar-refractivity contribution in [2.45, 2.75) is 0 Å². The smallest absolute Gasteiger partial charge is 0.106 e. The third-order valence-electron chi connectivity index (χ3n) is 0. The van der Waals surface area contributed by atoms with Crippen LogP contribution < -0.4 is 0 Å². The summed E-state index contributed by atoms with van der Waals surface area (Å²) in [6, 6.07) is 0. The molecule has 3 heteroatoms. The zero-order chi connectivity index (χ0) is 2.00. The van der Waals surface area contributed by atoms with Crippen LogP contribution in [0.3, 0.4) is 0 Å². The molecule has 0 radical (unpaired) electrons. The normalized spacial score (nSPS) is 1.00. The molecule has 30 valence electrons. The second-order valence-electron chi connectivity index (χ2n) is 0. The molecule has 0 rings (SSSR count). The molecular weight excluding hydrogens is 118 g/mol. The maximum Gasteiger partial charge on any atom is 0.106 e. The summed E-state index contributed by atoms with van der Waals surface area (Å²) < 4.78 is 0. The van der Waals surface area contributed by atoms with E-state index in [9.17, 15) is 0 Å². The van der Waals surface area contributed by atoms with Gasteiger partial charge >= 0.3 is 0 Å². The van der Waals surface area contributed by atoms with Gasteiger partial charge in [0.1, 0.15) is 6.79 Å². The van der Waals surface area contributed by atoms with Crippen LogP contribution in [0.15, 0.2) is 0 Å². The van der Waals surface area contributed by atoms with Crippen molar-refractivity contribution in [2.75, 3.05) is 0 Å². The van der Waals surface area contributed by atoms with Crippen molar-refractivity contribution in [3.05, 3.63) is 0 Å². The minimum absolute atomic E-state index is 0. The van der Waals surface area contributed by atoms with E-state index in [0.717, 1.165) is 0 Å². The fraction of sp³-hybridized carbons (Fsp3) is 0. The molecule has 1 unspecified atom stereocenters. The van der Waals surface area contributed by atoms with E-state index in [1.807, 2.05) is 6.79 Å². The molecule has 0 fully saturated rings. The van der Waals surface area contributed by atoms with Crippen LogP contribution in [0.25, 0.3) is 0 Å². The summed E-state index contributed by atoms with van der Waals surface area (Å²) in [5, 5.41) is 0. The molecule has 0 aromatic heterocycles. The van der Waals surface area contributed by atoms with E-state index in [4.69, 9.17) is 4.79 Å². The van der Waals surface area contributed by atoms with E-state index >= 15 is 0 Å². The Kier molecular flexibility index (Phi) is 401. The average Bonchev–Trinajstić information content (AvgIpc) is 1.00. The summed E-state index contributed by atoms with van der Waals surface area (Å²) in [5.74, 6) is 0. The molecule has 0 aliphatic rings. The maximum atomic E-state index is 8.00. The molecule has 1 atom stereocenters. The maximum absolute atomic E-state index is 8.00. The van der Waals surface area contributed by atoms with E-state index in [2.05, 4.69) is 0 Å². The predicted molar refractivity (Wildman–Crippen MR) is 18.2 cm³/mol. The fourth-order valence-electron chi connectivity index (χ4n) is 0. The van der Waals surface area contributed by atoms with E-state index in [-0.39, 0.29) is 26.4 Å². The summed E-state index contributed by atoms with van der Waals surface area (Å²) in [6.45, 7) is 2.00. The summed E-state index contributed by atoms with van der Waals surface area (Å²) >= 11 is 0. The average molecular weight is 123 g/mol. The first-order valence-corrected chi connectivity index (χ1v) is 0.289. The molecule has 0 aromatic carbocycles. The Labute approximate surface area is 38.7 Å². The van der Waals surface area contributed by atoms with Crippen LogP contribution in [0, 0.1) is 0 Å². The Morgan fingerprint density at radius 2 is 1.25 bits per heavy atom. The van der Waals surface area contributed by atoms with Crippen molar-refractivity contribution < 1.29 is 21.3 Å². The summed E-state index contributed by atoms with van der Waals surface area (Å²) in [6.07, 6.45) is 0. The van der Waals surface area contributed by atoms with E-state index in [1.165, 1.54) is 0 Å². The van der Waals surface area contributed by atoms with E-state index in [1.54, 1.807) is 0 Å². The van der Waals surface area contributed by atoms with Gasteiger partial charge < -0.3 is 4.79 Å². The molecule has 0 saturated carbocycles. The van der Waals surface area contributed by atoms with Crippen LogP contribution in [0.4, 0.5) is 0 Å². The molecule has 0 aliphatic carbocycles. The number of carbonyl (C=O) groups excluding carboxylic acids is 1. The van der Waals surface area contributed by atoms with Crippen LogP contribution in [0.1, 0.15) is 0 Å². The van der Waals surface area contributed by atoms with Gasteiger partial charge in [-0.25, -0.2) is 0 Å². The van der Waals surface area contributed by atoms with E-state index < -0.39 is 0 Å². The monoisotopic (exact) mass is 122 g/mol. The van der Waals surface area contributed by atoms with E-state index in [0.29, 0.717) is 0 Å². The molecule has 0 N–H and O–H groups in total. The van der Waals surface area contributed by atoms with Gasteiger partial charge in [0.05, 0.1) is 0 Å². The predicted octanol–water partition coefficient (Wildman–Crippen LogP) is -0.129. The summed E-state index contributed by atoms with van der Waals surface area (Å²) in [7, 11) is 0. The van der Waals surface area contributed by atoms with Crippen LogP contribution in [-0.4, -0.2) is 6.79 Å². The number of hydrogen-bond donors (Lipinski definition) is 0. The molecule has 0 bridgehead atoms. The second-order valence-corrected chi connectivity index (χ2v) is 0. The molecular formula is CH5NiOP. The first-order valence-electron chi connectivity index (χ1n) is 0.289. The van der Waals surface area contributed by atoms with Gasteiger partial charge in [-0.15, -0.1) is 0 Å². The zero-order valence-corrected chi connectivity index (χ0v) is 4.54. The Bertz CT molecular complexity index is 8.00. The largest absolute Gasteiger partial charge is 0.307 e. The van der Waals surface area contributed by atoms with Crippen molar-refractivity contribution >= 4 is 16.7 Å². The van der Waals surface area contributed by atoms with Crippen LogP contribution in [0.5, 0.6) is 0 Å². The van der Waals surface area contributed by atoms with Crippen molar-refractivity contribution in [3.8, 4) is 0 Å². The van der Waals surface area contributed by atoms with Gasteiger partial charge in [-0.1, -0.05) is 0 Å². The fourth-order valence-corrected chi connectivity index (χ4v) is 0. The van der Waals surface area contributed by atoms with Crippen LogP contribution >= 0.6 is 9.90 Å². The second kappa shape index (κ2) is 68.6. The van der Waals surface area contributed by atoms with Gasteiger partial charge in [0.2, 0.25) is 0 Å². The van der Waals surface area contributed by atoms with Crippen molar-refractivity contribution in [2.24, 2.45) is 0 Å². The minimum Gasteiger partial charge on any atom is -0.307 e. The summed E-state index contributed by atoms with van der Waals surface area (Å²) in [5.41, 5.74) is 0. The Hall–Kier alpha value is 0.594. The zero-order valence-electron chi connectivity index (χ0n) is 2.14. The van der Waals surface area contributed by atoms with Crippen LogP contribution in [0.2, 0.25) is 0 Å². The molecule has 0 aliphatic heterocycles. The minimum atomic E-state index is 0. The quantitative estimate of drug-likeness (QED) is 0.323. The Morgan fingerprint density at radius 3 is 1.25 bits per heavy atom. The van der Waals surface area contributed by atoms with Crippen molar-refractivity contribution in [1.82, 2.24) is 0 Å². The molecule has 0 spiro atoms. The molecule has 1 nitrogen and oxygen atoms in total. The van der Waals surface area contributed by atoms with Gasteiger partial charge in [0.25, 0.3) is 0 Å². The summed E-state index contributed by atoms with van der Waals surface area (Å²) in [4.78, 5) is 8.00. The SMILES string of the molecule is C=O.P.[Ni]. The molecule has 4 heavy (non-hydrogen) atoms. The standard InChI is InChI=1S/CH2O.Ni.H3P/c1-2;;/h1H2;;1H3. The van der Waals surface area contributed by atoms with Gasteiger partial charge in [-0.3, -0.25) is 0 Å². The Balaban J connectivity index is -0.00000000500. The molecule has 0 heterocycles. The van der Waals surface area contributed by atoms with Crippen LogP contribution in [-0.2, 0) is 21.3 Å². The first-order chi connectivity index (χ1) is 1.00. The molecule has 0 aromatic rings. The van der Waals surface area contributed by atoms with Gasteiger partial charge in [-0.2, -0.15) is 9.90 Å². The number of hydrogen-bond acceptors (Lipinski definition) is 1. The van der Waals surface area contributed by atoms with Gasteiger partial charge in [0, 0.05) is 16.5 Å². The van der Waals surface area contributed by atoms with Gasteiger partial charge in [0.15, 0.2) is 0 Å².